The summed E-state index contributed by atoms with van der Waals surface area (Å²) < 4.78 is 12.1. The van der Waals surface area contributed by atoms with Gasteiger partial charge in [-0.3, -0.25) is 10.4 Å². The molecule has 0 aliphatic carbocycles. The first-order chi connectivity index (χ1) is 10.1. The first kappa shape index (κ1) is 18.3. The molecule has 0 aromatic rings. The number of hydrogen-bond donors (Lipinski definition) is 5. The van der Waals surface area contributed by atoms with Crippen LogP contribution in [-0.2, 0) is 0 Å². The van der Waals surface area contributed by atoms with Crippen molar-refractivity contribution in [1.82, 2.24) is 10.6 Å². The van der Waals surface area contributed by atoms with E-state index < -0.39 is 6.67 Å². The summed E-state index contributed by atoms with van der Waals surface area (Å²) in [6, 6.07) is 0.198. The fourth-order valence-corrected chi connectivity index (χ4v) is 2.95. The maximum atomic E-state index is 12.1. The summed E-state index contributed by atoms with van der Waals surface area (Å²) in [4.78, 5) is 3.89. The molecular weight excluding hydrogens is 291 g/mol. The molecule has 0 amide bonds. The van der Waals surface area contributed by atoms with E-state index in [0.29, 0.717) is 17.6 Å². The lowest BCUT2D eigenvalue weighted by atomic mass is 10.1. The number of nitrogens with one attached hydrogen (secondary N) is 3. The van der Waals surface area contributed by atoms with Gasteiger partial charge in [0.25, 0.3) is 0 Å². The maximum Gasteiger partial charge on any atom is 0.146 e. The number of hydrogen-bond acceptors (Lipinski definition) is 6. The summed E-state index contributed by atoms with van der Waals surface area (Å²) in [5.41, 5.74) is 11.3. The fourth-order valence-electron chi connectivity index (χ4n) is 2.00. The molecule has 7 N–H and O–H groups in total. The van der Waals surface area contributed by atoms with Crippen molar-refractivity contribution in [1.29, 1.82) is 5.41 Å². The van der Waals surface area contributed by atoms with Crippen LogP contribution in [0.2, 0.25) is 0 Å². The van der Waals surface area contributed by atoms with E-state index in [0.717, 1.165) is 44.6 Å². The van der Waals surface area contributed by atoms with Crippen molar-refractivity contribution < 1.29 is 4.39 Å². The second-order valence-corrected chi connectivity index (χ2v) is 6.20. The van der Waals surface area contributed by atoms with Crippen LogP contribution in [0.1, 0.15) is 19.3 Å². The zero-order valence-corrected chi connectivity index (χ0v) is 13.2. The molecule has 0 radical (unpaired) electrons. The first-order valence-electron chi connectivity index (χ1n) is 7.39. The highest BCUT2D eigenvalue weighted by Crippen LogP contribution is 2.12. The quantitative estimate of drug-likeness (QED) is 0.235. The van der Waals surface area contributed by atoms with E-state index in [4.69, 9.17) is 16.9 Å². The predicted octanol–water partition coefficient (Wildman–Crippen LogP) is 0.0826. The second-order valence-electron chi connectivity index (χ2n) is 5.14. The van der Waals surface area contributed by atoms with E-state index in [-0.39, 0.29) is 11.9 Å². The Hall–Kier alpha value is -0.700. The number of amidine groups is 1. The molecule has 2 atom stereocenters. The van der Waals surface area contributed by atoms with Gasteiger partial charge in [0, 0.05) is 38.0 Å². The number of piperazine rings is 1. The molecule has 0 aromatic heterocycles. The van der Waals surface area contributed by atoms with Crippen LogP contribution < -0.4 is 22.1 Å². The number of thioether (sulfide) groups is 1. The van der Waals surface area contributed by atoms with Crippen molar-refractivity contribution in [3.05, 3.63) is 0 Å². The van der Waals surface area contributed by atoms with Gasteiger partial charge in [0.05, 0.1) is 11.1 Å². The number of aliphatic imine (C=N–C) groups is 1. The lowest BCUT2D eigenvalue weighted by Crippen LogP contribution is -2.49. The summed E-state index contributed by atoms with van der Waals surface area (Å²) in [6.07, 6.45) is 2.45. The minimum Gasteiger partial charge on any atom is -0.385 e. The van der Waals surface area contributed by atoms with Gasteiger partial charge in [0.2, 0.25) is 0 Å². The van der Waals surface area contributed by atoms with Crippen molar-refractivity contribution in [3.63, 3.8) is 0 Å². The zero-order valence-electron chi connectivity index (χ0n) is 12.4. The molecule has 0 saturated carbocycles. The Balaban J connectivity index is 2.07. The number of halogens is 1. The van der Waals surface area contributed by atoms with Gasteiger partial charge in [-0.05, 0) is 19.3 Å². The molecule has 21 heavy (non-hydrogen) atoms. The minimum atomic E-state index is -0.690. The average Bonchev–Trinajstić information content (AvgIpc) is 2.52. The van der Waals surface area contributed by atoms with Crippen LogP contribution in [0.3, 0.4) is 0 Å². The molecule has 0 spiro atoms. The molecule has 1 rings (SSSR count). The summed E-state index contributed by atoms with van der Waals surface area (Å²) in [5.74, 6) is 0.924. The smallest absolute Gasteiger partial charge is 0.146 e. The molecule has 1 saturated heterocycles. The van der Waals surface area contributed by atoms with Crippen LogP contribution in [0.15, 0.2) is 4.99 Å². The van der Waals surface area contributed by atoms with Crippen molar-refractivity contribution >= 4 is 22.6 Å². The van der Waals surface area contributed by atoms with Crippen molar-refractivity contribution in [3.8, 4) is 0 Å². The van der Waals surface area contributed by atoms with Crippen LogP contribution in [0, 0.1) is 5.41 Å². The van der Waals surface area contributed by atoms with Crippen LogP contribution in [0.5, 0.6) is 0 Å². The highest BCUT2D eigenvalue weighted by molar-refractivity contribution is 8.14. The standard InChI is InChI=1S/C13H27FN6S/c14-7-12(16)20-4-2-1-3-11(15)13(17)21-9-10-8-18-5-6-19-10/h10-11,17-19H,1-9,15H2,(H2,16,20). The average molecular weight is 318 g/mol. The molecule has 1 aliphatic heterocycles. The SMILES string of the molecule is N=C(SCC1CNCCN1)C(N)CCCCN=C(N)CF. The van der Waals surface area contributed by atoms with Crippen LogP contribution in [-0.4, -0.2) is 61.6 Å². The number of alkyl halides is 1. The first-order valence-corrected chi connectivity index (χ1v) is 8.37. The van der Waals surface area contributed by atoms with Crippen molar-refractivity contribution in [2.45, 2.75) is 31.3 Å². The Morgan fingerprint density at radius 3 is 2.90 bits per heavy atom. The maximum absolute atomic E-state index is 12.1. The Labute approximate surface area is 130 Å². The van der Waals surface area contributed by atoms with E-state index in [9.17, 15) is 4.39 Å². The Bertz CT molecular complexity index is 333. The second kappa shape index (κ2) is 10.9. The summed E-state index contributed by atoms with van der Waals surface area (Å²) in [5, 5.41) is 15.3. The zero-order chi connectivity index (χ0) is 15.5. The molecule has 1 heterocycles. The van der Waals surface area contributed by atoms with Crippen LogP contribution in [0.4, 0.5) is 4.39 Å². The van der Waals surface area contributed by atoms with Gasteiger partial charge in [0.1, 0.15) is 12.5 Å². The highest BCUT2D eigenvalue weighted by atomic mass is 32.2. The molecular formula is C13H27FN6S. The van der Waals surface area contributed by atoms with Crippen LogP contribution >= 0.6 is 11.8 Å². The Kier molecular flexibility index (Phi) is 9.56. The van der Waals surface area contributed by atoms with Crippen LogP contribution in [0.25, 0.3) is 0 Å². The molecule has 6 nitrogen and oxygen atoms in total. The summed E-state index contributed by atoms with van der Waals surface area (Å²) in [6.45, 7) is 2.77. The number of rotatable bonds is 9. The normalized spacial score (nSPS) is 21.2. The lowest BCUT2D eigenvalue weighted by molar-refractivity contribution is 0.447. The van der Waals surface area contributed by atoms with Gasteiger partial charge in [-0.15, -0.1) is 11.8 Å². The van der Waals surface area contributed by atoms with Gasteiger partial charge in [-0.1, -0.05) is 0 Å². The predicted molar refractivity (Wildman–Crippen MR) is 89.1 cm³/mol. The molecule has 122 valence electrons. The van der Waals surface area contributed by atoms with E-state index >= 15 is 0 Å². The van der Waals surface area contributed by atoms with Gasteiger partial charge in [-0.2, -0.15) is 0 Å². The third-order valence-corrected chi connectivity index (χ3v) is 4.46. The third-order valence-electron chi connectivity index (χ3n) is 3.28. The minimum absolute atomic E-state index is 0.0520. The largest absolute Gasteiger partial charge is 0.385 e. The Morgan fingerprint density at radius 1 is 1.43 bits per heavy atom. The monoisotopic (exact) mass is 318 g/mol. The summed E-state index contributed by atoms with van der Waals surface area (Å²) in [7, 11) is 0. The van der Waals surface area contributed by atoms with Gasteiger partial charge >= 0.3 is 0 Å². The molecule has 8 heteroatoms. The molecule has 0 bridgehead atoms. The summed E-state index contributed by atoms with van der Waals surface area (Å²) >= 11 is 1.52. The van der Waals surface area contributed by atoms with E-state index in [2.05, 4.69) is 15.6 Å². The topological polar surface area (TPSA) is 112 Å². The number of nitrogens with zero attached hydrogens (tertiary/aromatic N) is 1. The number of nitrogens with two attached hydrogens (primary N) is 2. The number of unbranched alkanes of at least 4 members (excludes halogenated alkanes) is 1. The molecule has 2 unspecified atom stereocenters. The molecule has 0 aromatic carbocycles. The molecule has 1 aliphatic rings. The van der Waals surface area contributed by atoms with E-state index in [1.165, 1.54) is 11.8 Å². The molecule has 1 fully saturated rings. The highest BCUT2D eigenvalue weighted by Gasteiger charge is 2.15. The van der Waals surface area contributed by atoms with E-state index in [1.54, 1.807) is 0 Å². The van der Waals surface area contributed by atoms with E-state index in [1.807, 2.05) is 0 Å². The lowest BCUT2D eigenvalue weighted by Gasteiger charge is -2.24. The third kappa shape index (κ3) is 8.35. The van der Waals surface area contributed by atoms with Crippen molar-refractivity contribution in [2.24, 2.45) is 16.5 Å². The van der Waals surface area contributed by atoms with Crippen molar-refractivity contribution in [2.75, 3.05) is 38.6 Å². The van der Waals surface area contributed by atoms with Gasteiger partial charge < -0.3 is 22.1 Å². The fraction of sp³-hybridized carbons (Fsp3) is 0.846. The Morgan fingerprint density at radius 2 is 2.24 bits per heavy atom. The van der Waals surface area contributed by atoms with Gasteiger partial charge in [0.15, 0.2) is 0 Å². The van der Waals surface area contributed by atoms with Gasteiger partial charge in [-0.25, -0.2) is 4.39 Å².